The van der Waals surface area contributed by atoms with Crippen LogP contribution in [0.2, 0.25) is 0 Å². The minimum atomic E-state index is -0.360. The molecular formula is C24H17N3O4. The third-order valence-corrected chi connectivity index (χ3v) is 5.07. The second-order valence-corrected chi connectivity index (χ2v) is 7.09. The number of hydrogen-bond acceptors (Lipinski definition) is 7. The van der Waals surface area contributed by atoms with Crippen molar-refractivity contribution in [2.24, 2.45) is 0 Å². The van der Waals surface area contributed by atoms with Gasteiger partial charge in [-0.25, -0.2) is 4.98 Å². The maximum absolute atomic E-state index is 10.2. The van der Waals surface area contributed by atoms with Gasteiger partial charge < -0.3 is 20.1 Å². The standard InChI is InChI=1S/C24H17N3O4/c1-31-24-26-22(25-23(27-24)21-19(29)11-18(28)12-20(21)30)16-7-6-15-8-13-4-2-3-5-14(13)9-17(15)10-16/h2-12,28-30H,1H3. The molecule has 31 heavy (non-hydrogen) atoms. The number of fused-ring (bicyclic) bond motifs is 2. The fourth-order valence-corrected chi connectivity index (χ4v) is 3.59. The van der Waals surface area contributed by atoms with Gasteiger partial charge in [0, 0.05) is 17.7 Å². The number of methoxy groups -OCH3 is 1. The molecule has 5 aromatic rings. The lowest BCUT2D eigenvalue weighted by Gasteiger charge is -2.10. The van der Waals surface area contributed by atoms with E-state index in [1.807, 2.05) is 30.3 Å². The van der Waals surface area contributed by atoms with E-state index in [9.17, 15) is 15.3 Å². The van der Waals surface area contributed by atoms with Gasteiger partial charge in [-0.3, -0.25) is 0 Å². The zero-order chi connectivity index (χ0) is 21.5. The summed E-state index contributed by atoms with van der Waals surface area (Å²) in [5, 5.41) is 34.4. The first kappa shape index (κ1) is 18.6. The first-order chi connectivity index (χ1) is 15.0. The maximum atomic E-state index is 10.2. The van der Waals surface area contributed by atoms with Gasteiger partial charge in [-0.05, 0) is 39.7 Å². The third kappa shape index (κ3) is 3.32. The normalized spacial score (nSPS) is 11.1. The van der Waals surface area contributed by atoms with Crippen LogP contribution in [0.5, 0.6) is 23.3 Å². The smallest absolute Gasteiger partial charge is 0.320 e. The Bertz CT molecular complexity index is 1440. The van der Waals surface area contributed by atoms with Gasteiger partial charge >= 0.3 is 6.01 Å². The molecule has 0 radical (unpaired) electrons. The SMILES string of the molecule is COc1nc(-c2ccc3cc4ccccc4cc3c2)nc(-c2c(O)cc(O)cc2O)n1. The van der Waals surface area contributed by atoms with Crippen molar-refractivity contribution in [3.63, 3.8) is 0 Å². The molecule has 0 spiro atoms. The fraction of sp³-hybridized carbons (Fsp3) is 0.0417. The first-order valence-electron chi connectivity index (χ1n) is 9.50. The summed E-state index contributed by atoms with van der Waals surface area (Å²) in [5.74, 6) is -0.649. The maximum Gasteiger partial charge on any atom is 0.320 e. The molecular weight excluding hydrogens is 394 g/mol. The monoisotopic (exact) mass is 411 g/mol. The van der Waals surface area contributed by atoms with Crippen molar-refractivity contribution in [1.29, 1.82) is 0 Å². The van der Waals surface area contributed by atoms with Crippen LogP contribution in [0.4, 0.5) is 0 Å². The van der Waals surface area contributed by atoms with Crippen LogP contribution in [-0.2, 0) is 0 Å². The van der Waals surface area contributed by atoms with Crippen LogP contribution in [0.15, 0.2) is 66.7 Å². The Kier molecular flexibility index (Phi) is 4.29. The van der Waals surface area contributed by atoms with Crippen molar-refractivity contribution >= 4 is 21.5 Å². The van der Waals surface area contributed by atoms with Crippen molar-refractivity contribution in [3.8, 4) is 46.0 Å². The predicted octanol–water partition coefficient (Wildman–Crippen LogP) is 4.64. The van der Waals surface area contributed by atoms with Gasteiger partial charge in [-0.2, -0.15) is 9.97 Å². The molecule has 0 saturated carbocycles. The molecule has 7 nitrogen and oxygen atoms in total. The van der Waals surface area contributed by atoms with Gasteiger partial charge in [-0.1, -0.05) is 36.4 Å². The molecule has 0 amide bonds. The third-order valence-electron chi connectivity index (χ3n) is 5.07. The number of benzene rings is 4. The second kappa shape index (κ2) is 7.14. The Labute approximate surface area is 176 Å². The first-order valence-corrected chi connectivity index (χ1v) is 9.50. The highest BCUT2D eigenvalue weighted by molar-refractivity contribution is 5.99. The number of hydrogen-bond donors (Lipinski definition) is 3. The van der Waals surface area contributed by atoms with Crippen LogP contribution in [0.25, 0.3) is 44.3 Å². The summed E-state index contributed by atoms with van der Waals surface area (Å²) in [6.45, 7) is 0. The highest BCUT2D eigenvalue weighted by Crippen LogP contribution is 2.39. The van der Waals surface area contributed by atoms with E-state index in [1.165, 1.54) is 7.11 Å². The quantitative estimate of drug-likeness (QED) is 0.371. The van der Waals surface area contributed by atoms with E-state index in [-0.39, 0.29) is 34.6 Å². The lowest BCUT2D eigenvalue weighted by atomic mass is 10.0. The van der Waals surface area contributed by atoms with Gasteiger partial charge in [0.15, 0.2) is 11.6 Å². The Morgan fingerprint density at radius 1 is 0.645 bits per heavy atom. The number of aromatic nitrogens is 3. The zero-order valence-corrected chi connectivity index (χ0v) is 16.4. The minimum absolute atomic E-state index is 0.0217. The van der Waals surface area contributed by atoms with Crippen molar-refractivity contribution in [3.05, 3.63) is 66.7 Å². The van der Waals surface area contributed by atoms with E-state index in [2.05, 4.69) is 39.2 Å². The van der Waals surface area contributed by atoms with Crippen LogP contribution in [0.1, 0.15) is 0 Å². The molecule has 152 valence electrons. The summed E-state index contributed by atoms with van der Waals surface area (Å²) in [6.07, 6.45) is 0. The molecule has 0 fully saturated rings. The second-order valence-electron chi connectivity index (χ2n) is 7.09. The van der Waals surface area contributed by atoms with Crippen LogP contribution in [-0.4, -0.2) is 37.4 Å². The van der Waals surface area contributed by atoms with E-state index < -0.39 is 0 Å². The summed E-state index contributed by atoms with van der Waals surface area (Å²) < 4.78 is 5.21. The summed E-state index contributed by atoms with van der Waals surface area (Å²) in [4.78, 5) is 12.9. The molecule has 1 aromatic heterocycles. The average Bonchev–Trinajstić information content (AvgIpc) is 2.76. The number of nitrogens with zero attached hydrogens (tertiary/aromatic N) is 3. The van der Waals surface area contributed by atoms with Crippen molar-refractivity contribution in [2.45, 2.75) is 0 Å². The van der Waals surface area contributed by atoms with Gasteiger partial charge in [0.1, 0.15) is 22.8 Å². The Balaban J connectivity index is 1.69. The van der Waals surface area contributed by atoms with Gasteiger partial charge in [-0.15, -0.1) is 0 Å². The Hall–Kier alpha value is -4.39. The largest absolute Gasteiger partial charge is 0.508 e. The minimum Gasteiger partial charge on any atom is -0.508 e. The van der Waals surface area contributed by atoms with Crippen LogP contribution < -0.4 is 4.74 Å². The molecule has 3 N–H and O–H groups in total. The molecule has 0 aliphatic carbocycles. The van der Waals surface area contributed by atoms with Crippen molar-refractivity contribution in [2.75, 3.05) is 7.11 Å². The Morgan fingerprint density at radius 2 is 1.26 bits per heavy atom. The summed E-state index contributed by atoms with van der Waals surface area (Å²) in [6, 6.07) is 20.5. The van der Waals surface area contributed by atoms with E-state index >= 15 is 0 Å². The van der Waals surface area contributed by atoms with E-state index in [1.54, 1.807) is 0 Å². The lowest BCUT2D eigenvalue weighted by molar-refractivity contribution is 0.379. The van der Waals surface area contributed by atoms with Crippen molar-refractivity contribution in [1.82, 2.24) is 15.0 Å². The van der Waals surface area contributed by atoms with Gasteiger partial charge in [0.05, 0.1) is 7.11 Å². The number of ether oxygens (including phenoxy) is 1. The molecule has 1 heterocycles. The van der Waals surface area contributed by atoms with Crippen LogP contribution >= 0.6 is 0 Å². The molecule has 5 rings (SSSR count). The molecule has 4 aromatic carbocycles. The lowest BCUT2D eigenvalue weighted by Crippen LogP contribution is -2.01. The molecule has 0 aliphatic rings. The predicted molar refractivity (Wildman–Crippen MR) is 117 cm³/mol. The number of aromatic hydroxyl groups is 3. The van der Waals surface area contributed by atoms with E-state index in [0.29, 0.717) is 5.82 Å². The number of phenols is 3. The van der Waals surface area contributed by atoms with Gasteiger partial charge in [0.25, 0.3) is 0 Å². The zero-order valence-electron chi connectivity index (χ0n) is 16.4. The molecule has 0 unspecified atom stereocenters. The van der Waals surface area contributed by atoms with Gasteiger partial charge in [0.2, 0.25) is 0 Å². The van der Waals surface area contributed by atoms with Crippen LogP contribution in [0, 0.1) is 0 Å². The fourth-order valence-electron chi connectivity index (χ4n) is 3.59. The molecule has 7 heteroatoms. The number of rotatable bonds is 3. The Morgan fingerprint density at radius 3 is 1.94 bits per heavy atom. The van der Waals surface area contributed by atoms with E-state index in [4.69, 9.17) is 4.74 Å². The summed E-state index contributed by atoms with van der Waals surface area (Å²) in [7, 11) is 1.42. The molecule has 0 bridgehead atoms. The molecule has 0 atom stereocenters. The van der Waals surface area contributed by atoms with E-state index in [0.717, 1.165) is 39.2 Å². The molecule has 0 aliphatic heterocycles. The van der Waals surface area contributed by atoms with Crippen molar-refractivity contribution < 1.29 is 20.1 Å². The highest BCUT2D eigenvalue weighted by atomic mass is 16.5. The number of phenolic OH excluding ortho intramolecular Hbond substituents is 3. The average molecular weight is 411 g/mol. The van der Waals surface area contributed by atoms with Crippen LogP contribution in [0.3, 0.4) is 0 Å². The molecule has 0 saturated heterocycles. The summed E-state index contributed by atoms with van der Waals surface area (Å²) >= 11 is 0. The highest BCUT2D eigenvalue weighted by Gasteiger charge is 2.18. The summed E-state index contributed by atoms with van der Waals surface area (Å²) in [5.41, 5.74) is 0.703. The topological polar surface area (TPSA) is 109 Å².